The molecule has 0 atom stereocenters. The van der Waals surface area contributed by atoms with Gasteiger partial charge in [-0.15, -0.1) is 0 Å². The van der Waals surface area contributed by atoms with Gasteiger partial charge in [-0.05, 0) is 12.1 Å². The smallest absolute Gasteiger partial charge is 0.254 e. The SMILES string of the molecule is CN1CCN(C(=O)c2ccnc(N)c2)CC1=O. The minimum absolute atomic E-state index is 0.0494. The average molecular weight is 234 g/mol. The van der Waals surface area contributed by atoms with Gasteiger partial charge >= 0.3 is 0 Å². The number of pyridine rings is 1. The van der Waals surface area contributed by atoms with E-state index in [1.807, 2.05) is 0 Å². The van der Waals surface area contributed by atoms with E-state index in [9.17, 15) is 9.59 Å². The highest BCUT2D eigenvalue weighted by Gasteiger charge is 2.25. The number of amides is 2. The van der Waals surface area contributed by atoms with E-state index in [4.69, 9.17) is 5.73 Å². The average Bonchev–Trinajstić information content (AvgIpc) is 2.32. The maximum Gasteiger partial charge on any atom is 0.254 e. The summed E-state index contributed by atoms with van der Waals surface area (Å²) in [5.74, 6) is 0.0727. The number of nitrogen functional groups attached to an aromatic ring is 1. The Balaban J connectivity index is 2.13. The second-order valence-corrected chi connectivity index (χ2v) is 4.01. The summed E-state index contributed by atoms with van der Waals surface area (Å²) in [6.07, 6.45) is 1.49. The molecular formula is C11H14N4O2. The Labute approximate surface area is 99.0 Å². The van der Waals surface area contributed by atoms with Crippen LogP contribution in [-0.4, -0.2) is 53.3 Å². The summed E-state index contributed by atoms with van der Waals surface area (Å²) in [5, 5.41) is 0. The second-order valence-electron chi connectivity index (χ2n) is 4.01. The largest absolute Gasteiger partial charge is 0.384 e. The fraction of sp³-hybridized carbons (Fsp3) is 0.364. The van der Waals surface area contributed by atoms with Gasteiger partial charge in [-0.2, -0.15) is 0 Å². The maximum atomic E-state index is 12.1. The number of hydrogen-bond acceptors (Lipinski definition) is 4. The van der Waals surface area contributed by atoms with E-state index in [-0.39, 0.29) is 18.4 Å². The van der Waals surface area contributed by atoms with Gasteiger partial charge in [-0.3, -0.25) is 9.59 Å². The van der Waals surface area contributed by atoms with E-state index in [2.05, 4.69) is 4.98 Å². The zero-order valence-electron chi connectivity index (χ0n) is 9.59. The highest BCUT2D eigenvalue weighted by Crippen LogP contribution is 2.10. The molecule has 0 aromatic carbocycles. The van der Waals surface area contributed by atoms with Gasteiger partial charge in [0, 0.05) is 31.9 Å². The molecule has 6 heteroatoms. The number of rotatable bonds is 1. The molecule has 2 rings (SSSR count). The van der Waals surface area contributed by atoms with Crippen LogP contribution in [0.25, 0.3) is 0 Å². The van der Waals surface area contributed by atoms with Crippen molar-refractivity contribution in [2.75, 3.05) is 32.4 Å². The molecule has 17 heavy (non-hydrogen) atoms. The van der Waals surface area contributed by atoms with Crippen molar-refractivity contribution in [3.8, 4) is 0 Å². The highest BCUT2D eigenvalue weighted by molar-refractivity contribution is 5.97. The highest BCUT2D eigenvalue weighted by atomic mass is 16.2. The van der Waals surface area contributed by atoms with Crippen LogP contribution in [0.1, 0.15) is 10.4 Å². The molecule has 1 fully saturated rings. The van der Waals surface area contributed by atoms with Gasteiger partial charge < -0.3 is 15.5 Å². The van der Waals surface area contributed by atoms with Gasteiger partial charge in [0.1, 0.15) is 12.4 Å². The Hall–Kier alpha value is -2.11. The Bertz CT molecular complexity index is 461. The summed E-state index contributed by atoms with van der Waals surface area (Å²) in [6.45, 7) is 1.23. The number of aromatic nitrogens is 1. The molecule has 0 radical (unpaired) electrons. The quantitative estimate of drug-likeness (QED) is 0.715. The van der Waals surface area contributed by atoms with E-state index in [1.165, 1.54) is 17.2 Å². The molecule has 1 saturated heterocycles. The predicted molar refractivity (Wildman–Crippen MR) is 62.2 cm³/mol. The summed E-state index contributed by atoms with van der Waals surface area (Å²) < 4.78 is 0. The lowest BCUT2D eigenvalue weighted by atomic mass is 10.2. The normalized spacial score (nSPS) is 16.2. The van der Waals surface area contributed by atoms with Gasteiger partial charge in [0.15, 0.2) is 0 Å². The van der Waals surface area contributed by atoms with Gasteiger partial charge in [0.25, 0.3) is 5.91 Å². The van der Waals surface area contributed by atoms with Crippen molar-refractivity contribution < 1.29 is 9.59 Å². The van der Waals surface area contributed by atoms with E-state index in [0.717, 1.165) is 0 Å². The molecule has 0 spiro atoms. The number of hydrogen-bond donors (Lipinski definition) is 1. The van der Waals surface area contributed by atoms with Crippen LogP contribution in [0.4, 0.5) is 5.82 Å². The van der Waals surface area contributed by atoms with Crippen molar-refractivity contribution in [1.29, 1.82) is 0 Å². The number of likely N-dealkylation sites (N-methyl/N-ethyl adjacent to an activating group) is 1. The molecule has 6 nitrogen and oxygen atoms in total. The summed E-state index contributed by atoms with van der Waals surface area (Å²) in [6, 6.07) is 3.12. The van der Waals surface area contributed by atoms with Gasteiger partial charge in [0.05, 0.1) is 0 Å². The predicted octanol–water partition coefficient (Wildman–Crippen LogP) is -0.422. The molecule has 2 heterocycles. The lowest BCUT2D eigenvalue weighted by Gasteiger charge is -2.32. The molecular weight excluding hydrogens is 220 g/mol. The molecule has 2 N–H and O–H groups in total. The zero-order valence-corrected chi connectivity index (χ0v) is 9.59. The van der Waals surface area contributed by atoms with Gasteiger partial charge in [-0.1, -0.05) is 0 Å². The van der Waals surface area contributed by atoms with Crippen LogP contribution in [0, 0.1) is 0 Å². The van der Waals surface area contributed by atoms with E-state index in [1.54, 1.807) is 18.0 Å². The summed E-state index contributed by atoms with van der Waals surface area (Å²) in [4.78, 5) is 30.5. The first-order valence-electron chi connectivity index (χ1n) is 5.32. The third-order valence-corrected chi connectivity index (χ3v) is 2.77. The number of anilines is 1. The van der Waals surface area contributed by atoms with Crippen LogP contribution in [0.5, 0.6) is 0 Å². The van der Waals surface area contributed by atoms with E-state index >= 15 is 0 Å². The van der Waals surface area contributed by atoms with Crippen molar-refractivity contribution in [1.82, 2.24) is 14.8 Å². The van der Waals surface area contributed by atoms with Crippen molar-refractivity contribution in [2.45, 2.75) is 0 Å². The maximum absolute atomic E-state index is 12.1. The van der Waals surface area contributed by atoms with Crippen LogP contribution in [0.15, 0.2) is 18.3 Å². The molecule has 0 saturated carbocycles. The monoisotopic (exact) mass is 234 g/mol. The van der Waals surface area contributed by atoms with Crippen LogP contribution >= 0.6 is 0 Å². The first-order valence-corrected chi connectivity index (χ1v) is 5.32. The fourth-order valence-corrected chi connectivity index (χ4v) is 1.70. The second kappa shape index (κ2) is 4.40. The standard InChI is InChI=1S/C11H14N4O2/c1-14-4-5-15(7-10(14)16)11(17)8-2-3-13-9(12)6-8/h2-3,6H,4-5,7H2,1H3,(H2,12,13). The Morgan fingerprint density at radius 3 is 2.88 bits per heavy atom. The topological polar surface area (TPSA) is 79.5 Å². The first kappa shape index (κ1) is 11.4. The lowest BCUT2D eigenvalue weighted by Crippen LogP contribution is -2.50. The summed E-state index contributed by atoms with van der Waals surface area (Å²) in [7, 11) is 1.73. The molecule has 90 valence electrons. The Morgan fingerprint density at radius 1 is 1.47 bits per heavy atom. The summed E-state index contributed by atoms with van der Waals surface area (Å²) in [5.41, 5.74) is 5.99. The fourth-order valence-electron chi connectivity index (χ4n) is 1.70. The first-order chi connectivity index (χ1) is 8.08. The third kappa shape index (κ3) is 2.35. The van der Waals surface area contributed by atoms with Crippen molar-refractivity contribution >= 4 is 17.6 Å². The molecule has 1 aromatic heterocycles. The number of nitrogens with two attached hydrogens (primary N) is 1. The van der Waals surface area contributed by atoms with Crippen LogP contribution < -0.4 is 5.73 Å². The van der Waals surface area contributed by atoms with Crippen LogP contribution in [-0.2, 0) is 4.79 Å². The lowest BCUT2D eigenvalue weighted by molar-refractivity contribution is -0.133. The molecule has 1 aliphatic rings. The number of carbonyl (C=O) groups is 2. The van der Waals surface area contributed by atoms with E-state index in [0.29, 0.717) is 24.5 Å². The summed E-state index contributed by atoms with van der Waals surface area (Å²) >= 11 is 0. The van der Waals surface area contributed by atoms with Crippen LogP contribution in [0.2, 0.25) is 0 Å². The Morgan fingerprint density at radius 2 is 2.24 bits per heavy atom. The molecule has 0 bridgehead atoms. The van der Waals surface area contributed by atoms with Crippen molar-refractivity contribution in [3.63, 3.8) is 0 Å². The Kier molecular flexibility index (Phi) is 2.95. The molecule has 1 aliphatic heterocycles. The number of carbonyl (C=O) groups excluding carboxylic acids is 2. The zero-order chi connectivity index (χ0) is 12.4. The van der Waals surface area contributed by atoms with E-state index < -0.39 is 0 Å². The molecule has 1 aromatic rings. The van der Waals surface area contributed by atoms with Crippen LogP contribution in [0.3, 0.4) is 0 Å². The van der Waals surface area contributed by atoms with Crippen molar-refractivity contribution in [3.05, 3.63) is 23.9 Å². The molecule has 0 aliphatic carbocycles. The van der Waals surface area contributed by atoms with Gasteiger partial charge in [0.2, 0.25) is 5.91 Å². The van der Waals surface area contributed by atoms with Crippen molar-refractivity contribution in [2.24, 2.45) is 0 Å². The minimum Gasteiger partial charge on any atom is -0.384 e. The number of piperazine rings is 1. The van der Waals surface area contributed by atoms with Gasteiger partial charge in [-0.25, -0.2) is 4.98 Å². The third-order valence-electron chi connectivity index (χ3n) is 2.77. The minimum atomic E-state index is -0.180. The number of nitrogens with zero attached hydrogens (tertiary/aromatic N) is 3. The molecule has 2 amide bonds. The molecule has 0 unspecified atom stereocenters.